The van der Waals surface area contributed by atoms with Crippen LogP contribution < -0.4 is 9.44 Å². The summed E-state index contributed by atoms with van der Waals surface area (Å²) in [5.74, 6) is -1.21. The predicted molar refractivity (Wildman–Crippen MR) is 55.4 cm³/mol. The Morgan fingerprint density at radius 3 is 2.60 bits per heavy atom. The lowest BCUT2D eigenvalue weighted by molar-refractivity contribution is 0.0697. The van der Waals surface area contributed by atoms with Crippen LogP contribution in [0.25, 0.3) is 0 Å². The molecule has 0 aliphatic heterocycles. The number of anilines is 1. The van der Waals surface area contributed by atoms with Crippen molar-refractivity contribution in [3.05, 3.63) is 11.3 Å². The quantitative estimate of drug-likeness (QED) is 0.699. The molecule has 0 spiro atoms. The average molecular weight is 251 g/mol. The van der Waals surface area contributed by atoms with Crippen molar-refractivity contribution >= 4 is 32.7 Å². The van der Waals surface area contributed by atoms with E-state index in [0.29, 0.717) is 0 Å². The van der Waals surface area contributed by atoms with E-state index >= 15 is 0 Å². The van der Waals surface area contributed by atoms with Gasteiger partial charge < -0.3 is 5.11 Å². The largest absolute Gasteiger partial charge is 0.478 e. The Morgan fingerprint density at radius 2 is 2.13 bits per heavy atom. The van der Waals surface area contributed by atoms with E-state index in [1.807, 2.05) is 4.72 Å². The second-order valence-corrected chi connectivity index (χ2v) is 4.98. The monoisotopic (exact) mass is 251 g/mol. The lowest BCUT2D eigenvalue weighted by Crippen LogP contribution is -2.26. The molecule has 0 aromatic carbocycles. The molecule has 0 aliphatic carbocycles. The third-order valence-corrected chi connectivity index (χ3v) is 3.57. The van der Waals surface area contributed by atoms with Gasteiger partial charge in [0, 0.05) is 7.05 Å². The maximum atomic E-state index is 11.1. The third kappa shape index (κ3) is 2.64. The number of carbonyl (C=O) groups is 1. The molecular weight excluding hydrogens is 242 g/mol. The van der Waals surface area contributed by atoms with Crippen LogP contribution in [0.1, 0.15) is 16.1 Å². The van der Waals surface area contributed by atoms with E-state index in [1.165, 1.54) is 14.0 Å². The summed E-state index contributed by atoms with van der Waals surface area (Å²) >= 11 is 0.786. The van der Waals surface area contributed by atoms with E-state index in [-0.39, 0.29) is 16.3 Å². The fraction of sp³-hybridized carbons (Fsp3) is 0.333. The van der Waals surface area contributed by atoms with Gasteiger partial charge in [-0.15, -0.1) is 0 Å². The molecule has 0 aliphatic rings. The second-order valence-electron chi connectivity index (χ2n) is 2.59. The maximum absolute atomic E-state index is 11.1. The zero-order chi connectivity index (χ0) is 11.6. The van der Waals surface area contributed by atoms with E-state index in [1.54, 1.807) is 0 Å². The van der Waals surface area contributed by atoms with Crippen molar-refractivity contribution < 1.29 is 18.3 Å². The number of carboxylic acid groups (broad SMARTS) is 1. The fourth-order valence-electron chi connectivity index (χ4n) is 0.864. The van der Waals surface area contributed by atoms with Gasteiger partial charge >= 0.3 is 5.97 Å². The zero-order valence-corrected chi connectivity index (χ0v) is 9.57. The van der Waals surface area contributed by atoms with Gasteiger partial charge in [0.15, 0.2) is 0 Å². The van der Waals surface area contributed by atoms with Crippen molar-refractivity contribution in [2.75, 3.05) is 11.8 Å². The van der Waals surface area contributed by atoms with Crippen LogP contribution >= 0.6 is 11.5 Å². The topological polar surface area (TPSA) is 108 Å². The number of aromatic nitrogens is 1. The van der Waals surface area contributed by atoms with Crippen molar-refractivity contribution in [3.8, 4) is 0 Å². The molecule has 1 aromatic rings. The number of hydrogen-bond donors (Lipinski definition) is 3. The number of aryl methyl sites for hydroxylation is 1. The van der Waals surface area contributed by atoms with Crippen LogP contribution in [0, 0.1) is 6.92 Å². The van der Waals surface area contributed by atoms with Gasteiger partial charge in [0.05, 0.1) is 5.69 Å². The molecule has 0 saturated heterocycles. The molecular formula is C6H9N3O4S2. The Labute approximate surface area is 90.5 Å². The molecule has 0 amide bonds. The van der Waals surface area contributed by atoms with Gasteiger partial charge in [-0.3, -0.25) is 4.72 Å². The molecule has 84 valence electrons. The molecule has 0 fully saturated rings. The first-order valence-electron chi connectivity index (χ1n) is 3.78. The van der Waals surface area contributed by atoms with Crippen molar-refractivity contribution in [1.82, 2.24) is 9.10 Å². The van der Waals surface area contributed by atoms with Crippen LogP contribution in [0.2, 0.25) is 0 Å². The van der Waals surface area contributed by atoms with Crippen LogP contribution in [0.4, 0.5) is 5.00 Å². The van der Waals surface area contributed by atoms with Crippen LogP contribution in [0.3, 0.4) is 0 Å². The number of hydrogen-bond acceptors (Lipinski definition) is 5. The van der Waals surface area contributed by atoms with Gasteiger partial charge in [-0.05, 0) is 18.5 Å². The molecule has 0 saturated carbocycles. The van der Waals surface area contributed by atoms with E-state index in [2.05, 4.69) is 9.10 Å². The van der Waals surface area contributed by atoms with E-state index in [0.717, 1.165) is 11.5 Å². The Morgan fingerprint density at radius 1 is 1.53 bits per heavy atom. The number of nitrogens with zero attached hydrogens (tertiary/aromatic N) is 1. The Hall–Kier alpha value is -1.19. The summed E-state index contributed by atoms with van der Waals surface area (Å²) in [7, 11) is -2.49. The third-order valence-electron chi connectivity index (χ3n) is 1.57. The molecule has 0 bridgehead atoms. The fourth-order valence-corrected chi connectivity index (χ4v) is 2.44. The number of nitrogens with one attached hydrogen (secondary N) is 2. The first-order chi connectivity index (χ1) is 6.87. The number of aromatic carboxylic acids is 1. The molecule has 1 heterocycles. The number of carboxylic acids is 1. The average Bonchev–Trinajstić information content (AvgIpc) is 2.46. The van der Waals surface area contributed by atoms with Crippen molar-refractivity contribution in [1.29, 1.82) is 0 Å². The minimum Gasteiger partial charge on any atom is -0.478 e. The van der Waals surface area contributed by atoms with Crippen molar-refractivity contribution in [2.45, 2.75) is 6.92 Å². The minimum absolute atomic E-state index is 0.00523. The van der Waals surface area contributed by atoms with Gasteiger partial charge in [0.1, 0.15) is 10.6 Å². The van der Waals surface area contributed by atoms with Gasteiger partial charge in [-0.2, -0.15) is 12.8 Å². The highest BCUT2D eigenvalue weighted by Gasteiger charge is 2.20. The van der Waals surface area contributed by atoms with Gasteiger partial charge in [-0.25, -0.2) is 9.52 Å². The van der Waals surface area contributed by atoms with Crippen LogP contribution in [0.5, 0.6) is 0 Å². The Bertz CT molecular complexity index is 479. The standard InChI is InChI=1S/C6H9N3O4S2/c1-3-4(6(10)11)5(14-8-3)9-15(12,13)7-2/h7,9H,1-2H3,(H,10,11). The summed E-state index contributed by atoms with van der Waals surface area (Å²) in [6.45, 7) is 1.50. The first-order valence-corrected chi connectivity index (χ1v) is 6.04. The van der Waals surface area contributed by atoms with E-state index in [9.17, 15) is 13.2 Å². The summed E-state index contributed by atoms with van der Waals surface area (Å²) in [4.78, 5) is 10.8. The highest BCUT2D eigenvalue weighted by Crippen LogP contribution is 2.24. The molecule has 1 aromatic heterocycles. The van der Waals surface area contributed by atoms with E-state index in [4.69, 9.17) is 5.11 Å². The Balaban J connectivity index is 3.12. The summed E-state index contributed by atoms with van der Waals surface area (Å²) < 4.78 is 30.1. The minimum atomic E-state index is -3.71. The molecule has 7 nitrogen and oxygen atoms in total. The molecule has 0 radical (unpaired) electrons. The predicted octanol–water partition coefficient (Wildman–Crippen LogP) is 0.0258. The van der Waals surface area contributed by atoms with Gasteiger partial charge in [-0.1, -0.05) is 0 Å². The maximum Gasteiger partial charge on any atom is 0.340 e. The summed E-state index contributed by atoms with van der Waals surface area (Å²) in [5, 5.41) is 8.81. The zero-order valence-electron chi connectivity index (χ0n) is 7.94. The Kier molecular flexibility index (Phi) is 3.27. The lowest BCUT2D eigenvalue weighted by Gasteiger charge is -2.04. The van der Waals surface area contributed by atoms with Crippen LogP contribution in [0.15, 0.2) is 0 Å². The summed E-state index contributed by atoms with van der Waals surface area (Å²) in [5.41, 5.74) is 0.153. The van der Waals surface area contributed by atoms with Crippen LogP contribution in [-0.4, -0.2) is 30.9 Å². The molecule has 3 N–H and O–H groups in total. The SMILES string of the molecule is CNS(=O)(=O)Nc1snc(C)c1C(=O)O. The van der Waals surface area contributed by atoms with Gasteiger partial charge in [0.2, 0.25) is 0 Å². The normalized spacial score (nSPS) is 11.3. The van der Waals surface area contributed by atoms with Crippen LogP contribution in [-0.2, 0) is 10.2 Å². The summed E-state index contributed by atoms with van der Waals surface area (Å²) in [6.07, 6.45) is 0. The van der Waals surface area contributed by atoms with Crippen molar-refractivity contribution in [2.24, 2.45) is 0 Å². The molecule has 0 unspecified atom stereocenters. The molecule has 15 heavy (non-hydrogen) atoms. The highest BCUT2D eigenvalue weighted by atomic mass is 32.2. The highest BCUT2D eigenvalue weighted by molar-refractivity contribution is 7.91. The number of rotatable bonds is 4. The second kappa shape index (κ2) is 4.13. The molecule has 1 rings (SSSR count). The van der Waals surface area contributed by atoms with Gasteiger partial charge in [0.25, 0.3) is 10.2 Å². The first kappa shape index (κ1) is 11.9. The summed E-state index contributed by atoms with van der Waals surface area (Å²) in [6, 6.07) is 0. The molecule has 9 heteroatoms. The van der Waals surface area contributed by atoms with Crippen molar-refractivity contribution in [3.63, 3.8) is 0 Å². The smallest absolute Gasteiger partial charge is 0.340 e. The molecule has 0 atom stereocenters. The van der Waals surface area contributed by atoms with E-state index < -0.39 is 16.2 Å². The lowest BCUT2D eigenvalue weighted by atomic mass is 10.2.